The van der Waals surface area contributed by atoms with Crippen molar-refractivity contribution in [2.24, 2.45) is 11.7 Å². The van der Waals surface area contributed by atoms with Crippen molar-refractivity contribution in [2.45, 2.75) is 26.3 Å². The van der Waals surface area contributed by atoms with Gasteiger partial charge in [0.2, 0.25) is 0 Å². The van der Waals surface area contributed by atoms with E-state index in [-0.39, 0.29) is 11.9 Å². The molecule has 0 amide bonds. The maximum Gasteiger partial charge on any atom is 0.168 e. The van der Waals surface area contributed by atoms with Gasteiger partial charge in [0.05, 0.1) is 17.3 Å². The fraction of sp³-hybridized carbons (Fsp3) is 0.389. The molecule has 4 rings (SSSR count). The van der Waals surface area contributed by atoms with E-state index in [2.05, 4.69) is 26.9 Å². The third-order valence-corrected chi connectivity index (χ3v) is 4.84. The molecule has 0 aliphatic carbocycles. The molecule has 0 radical (unpaired) electrons. The van der Waals surface area contributed by atoms with E-state index in [1.54, 1.807) is 16.9 Å². The molecule has 0 bridgehead atoms. The van der Waals surface area contributed by atoms with E-state index in [9.17, 15) is 4.39 Å². The highest BCUT2D eigenvalue weighted by atomic mass is 19.1. The van der Waals surface area contributed by atoms with Crippen molar-refractivity contribution in [2.75, 3.05) is 18.0 Å². The Kier molecular flexibility index (Phi) is 3.88. The van der Waals surface area contributed by atoms with Crippen LogP contribution in [0.3, 0.4) is 0 Å². The number of halogens is 1. The lowest BCUT2D eigenvalue weighted by Gasteiger charge is -2.20. The van der Waals surface area contributed by atoms with Gasteiger partial charge in [0.15, 0.2) is 5.65 Å². The fourth-order valence-corrected chi connectivity index (χ4v) is 3.45. The van der Waals surface area contributed by atoms with Crippen LogP contribution in [0.5, 0.6) is 0 Å². The highest BCUT2D eigenvalue weighted by Crippen LogP contribution is 2.30. The monoisotopic (exact) mass is 340 g/mol. The Bertz CT molecular complexity index is 919. The molecule has 3 heterocycles. The third-order valence-electron chi connectivity index (χ3n) is 4.84. The zero-order valence-corrected chi connectivity index (χ0v) is 14.4. The zero-order valence-electron chi connectivity index (χ0n) is 14.4. The van der Waals surface area contributed by atoms with E-state index in [1.807, 2.05) is 13.0 Å². The molecule has 25 heavy (non-hydrogen) atoms. The van der Waals surface area contributed by atoms with Crippen molar-refractivity contribution in [1.82, 2.24) is 19.7 Å². The van der Waals surface area contributed by atoms with Crippen LogP contribution in [0.1, 0.15) is 19.2 Å². The van der Waals surface area contributed by atoms with Crippen molar-refractivity contribution >= 4 is 16.9 Å². The van der Waals surface area contributed by atoms with Gasteiger partial charge >= 0.3 is 0 Å². The first-order valence-corrected chi connectivity index (χ1v) is 8.52. The van der Waals surface area contributed by atoms with Gasteiger partial charge in [0, 0.05) is 19.1 Å². The normalized spacial score (nSPS) is 18.9. The second-order valence-corrected chi connectivity index (χ2v) is 6.72. The number of hydrogen-bond acceptors (Lipinski definition) is 5. The Labute approximate surface area is 145 Å². The van der Waals surface area contributed by atoms with Gasteiger partial charge in [0.1, 0.15) is 17.5 Å². The van der Waals surface area contributed by atoms with E-state index < -0.39 is 0 Å². The van der Waals surface area contributed by atoms with Crippen LogP contribution in [0, 0.1) is 18.7 Å². The van der Waals surface area contributed by atoms with Crippen molar-refractivity contribution in [1.29, 1.82) is 0 Å². The highest BCUT2D eigenvalue weighted by Gasteiger charge is 2.28. The molecule has 3 aromatic rings. The topological polar surface area (TPSA) is 72.9 Å². The predicted octanol–water partition coefficient (Wildman–Crippen LogP) is 2.44. The summed E-state index contributed by atoms with van der Waals surface area (Å²) in [6, 6.07) is 6.51. The van der Waals surface area contributed by atoms with Crippen LogP contribution < -0.4 is 10.6 Å². The number of anilines is 1. The van der Waals surface area contributed by atoms with E-state index in [4.69, 9.17) is 5.73 Å². The summed E-state index contributed by atoms with van der Waals surface area (Å²) in [5.74, 6) is 1.72. The number of nitrogens with zero attached hydrogens (tertiary/aromatic N) is 5. The lowest BCUT2D eigenvalue weighted by molar-refractivity contribution is 0.488. The van der Waals surface area contributed by atoms with E-state index >= 15 is 0 Å². The van der Waals surface area contributed by atoms with Gasteiger partial charge in [-0.1, -0.05) is 6.07 Å². The minimum atomic E-state index is -0.300. The number of aromatic nitrogens is 4. The number of aryl methyl sites for hydroxylation is 1. The van der Waals surface area contributed by atoms with Crippen molar-refractivity contribution < 1.29 is 4.39 Å². The van der Waals surface area contributed by atoms with Gasteiger partial charge < -0.3 is 10.6 Å². The molecule has 2 atom stereocenters. The molecular formula is C18H21FN6. The SMILES string of the molecule is Cc1nc(N2CCC(C(C)N)C2)c2cnn(-c3cccc(F)c3)c2n1. The Morgan fingerprint density at radius 3 is 2.88 bits per heavy atom. The minimum Gasteiger partial charge on any atom is -0.356 e. The first-order valence-electron chi connectivity index (χ1n) is 8.52. The summed E-state index contributed by atoms with van der Waals surface area (Å²) in [4.78, 5) is 11.4. The molecule has 2 aromatic heterocycles. The van der Waals surface area contributed by atoms with Gasteiger partial charge in [-0.05, 0) is 44.4 Å². The van der Waals surface area contributed by atoms with Crippen LogP contribution in [0.2, 0.25) is 0 Å². The quantitative estimate of drug-likeness (QED) is 0.793. The third kappa shape index (κ3) is 2.84. The van der Waals surface area contributed by atoms with E-state index in [0.717, 1.165) is 30.7 Å². The smallest absolute Gasteiger partial charge is 0.168 e. The standard InChI is InChI=1S/C18H21FN6/c1-11(20)13-6-7-24(10-13)17-16-9-21-25(18(16)23-12(2)22-17)15-5-3-4-14(19)8-15/h3-5,8-9,11,13H,6-7,10,20H2,1-2H3. The second kappa shape index (κ2) is 6.07. The molecule has 1 aliphatic rings. The maximum atomic E-state index is 13.6. The summed E-state index contributed by atoms with van der Waals surface area (Å²) in [6.07, 6.45) is 2.81. The highest BCUT2D eigenvalue weighted by molar-refractivity contribution is 5.88. The molecule has 0 spiro atoms. The lowest BCUT2D eigenvalue weighted by atomic mass is 10.0. The van der Waals surface area contributed by atoms with Crippen LogP contribution in [0.25, 0.3) is 16.7 Å². The summed E-state index contributed by atoms with van der Waals surface area (Å²) >= 11 is 0. The summed E-state index contributed by atoms with van der Waals surface area (Å²) in [5.41, 5.74) is 7.40. The van der Waals surface area contributed by atoms with Crippen molar-refractivity contribution in [3.63, 3.8) is 0 Å². The van der Waals surface area contributed by atoms with Gasteiger partial charge in [-0.2, -0.15) is 5.10 Å². The van der Waals surface area contributed by atoms with Gasteiger partial charge in [-0.25, -0.2) is 19.0 Å². The van der Waals surface area contributed by atoms with Crippen molar-refractivity contribution in [3.05, 3.63) is 42.1 Å². The molecule has 1 aromatic carbocycles. The summed E-state index contributed by atoms with van der Waals surface area (Å²) < 4.78 is 15.3. The predicted molar refractivity (Wildman–Crippen MR) is 95.3 cm³/mol. The van der Waals surface area contributed by atoms with Crippen LogP contribution in [-0.2, 0) is 0 Å². The van der Waals surface area contributed by atoms with E-state index in [1.165, 1.54) is 12.1 Å². The van der Waals surface area contributed by atoms with Crippen LogP contribution >= 0.6 is 0 Å². The fourth-order valence-electron chi connectivity index (χ4n) is 3.45. The molecule has 1 fully saturated rings. The molecule has 2 N–H and O–H groups in total. The second-order valence-electron chi connectivity index (χ2n) is 6.72. The number of fused-ring (bicyclic) bond motifs is 1. The molecule has 7 heteroatoms. The molecule has 6 nitrogen and oxygen atoms in total. The lowest BCUT2D eigenvalue weighted by Crippen LogP contribution is -2.30. The Morgan fingerprint density at radius 1 is 1.32 bits per heavy atom. The Morgan fingerprint density at radius 2 is 2.16 bits per heavy atom. The Balaban J connectivity index is 1.80. The van der Waals surface area contributed by atoms with E-state index in [0.29, 0.717) is 23.1 Å². The van der Waals surface area contributed by atoms with Gasteiger partial charge in [0.25, 0.3) is 0 Å². The minimum absolute atomic E-state index is 0.165. The molecule has 2 unspecified atom stereocenters. The maximum absolute atomic E-state index is 13.6. The average Bonchev–Trinajstić information content (AvgIpc) is 3.21. The molecule has 0 saturated carbocycles. The number of nitrogens with two attached hydrogens (primary N) is 1. The largest absolute Gasteiger partial charge is 0.356 e. The van der Waals surface area contributed by atoms with Crippen LogP contribution in [0.15, 0.2) is 30.5 Å². The molecule has 130 valence electrons. The average molecular weight is 340 g/mol. The van der Waals surface area contributed by atoms with Crippen molar-refractivity contribution in [3.8, 4) is 5.69 Å². The Hall–Kier alpha value is -2.54. The van der Waals surface area contributed by atoms with Crippen LogP contribution in [0.4, 0.5) is 10.2 Å². The first kappa shape index (κ1) is 16.0. The molecular weight excluding hydrogens is 319 g/mol. The molecule has 1 aliphatic heterocycles. The summed E-state index contributed by atoms with van der Waals surface area (Å²) in [5, 5.41) is 5.31. The number of rotatable bonds is 3. The van der Waals surface area contributed by atoms with Gasteiger partial charge in [-0.3, -0.25) is 0 Å². The first-order chi connectivity index (χ1) is 12.0. The zero-order chi connectivity index (χ0) is 17.6. The van der Waals surface area contributed by atoms with Crippen LogP contribution in [-0.4, -0.2) is 38.9 Å². The summed E-state index contributed by atoms with van der Waals surface area (Å²) in [7, 11) is 0. The summed E-state index contributed by atoms with van der Waals surface area (Å²) in [6.45, 7) is 5.72. The number of benzene rings is 1. The van der Waals surface area contributed by atoms with Gasteiger partial charge in [-0.15, -0.1) is 0 Å². The number of hydrogen-bond donors (Lipinski definition) is 1. The molecule has 1 saturated heterocycles.